The number of rotatable bonds is 1. The van der Waals surface area contributed by atoms with Gasteiger partial charge in [0.15, 0.2) is 17.9 Å². The fourth-order valence-electron chi connectivity index (χ4n) is 0.581. The lowest BCUT2D eigenvalue weighted by molar-refractivity contribution is 0.111. The van der Waals surface area contributed by atoms with E-state index in [0.717, 1.165) is 0 Å². The molecule has 0 amide bonds. The van der Waals surface area contributed by atoms with Gasteiger partial charge in [0.2, 0.25) is 0 Å². The maximum Gasteiger partial charge on any atom is 0.291 e. The van der Waals surface area contributed by atoms with Crippen LogP contribution in [0.25, 0.3) is 0 Å². The predicted octanol–water partition coefficient (Wildman–Crippen LogP) is -1.25. The van der Waals surface area contributed by atoms with Crippen LogP contribution in [0.1, 0.15) is 10.5 Å². The molecule has 0 saturated heterocycles. The van der Waals surface area contributed by atoms with Gasteiger partial charge in [0.25, 0.3) is 5.56 Å². The summed E-state index contributed by atoms with van der Waals surface area (Å²) in [5.41, 5.74) is 9.64. The summed E-state index contributed by atoms with van der Waals surface area (Å²) in [5, 5.41) is 0. The standard InChI is InChI=1S/C5H6N4O2/c6-3-2(1-10)8-5(11)4(7)9-3/h1H,(H,8,11)(H4,6,7,9). The van der Waals surface area contributed by atoms with Crippen LogP contribution in [0.3, 0.4) is 0 Å². The second-order valence-electron chi connectivity index (χ2n) is 1.87. The summed E-state index contributed by atoms with van der Waals surface area (Å²) in [6.45, 7) is 0. The number of nitrogen functional groups attached to an aromatic ring is 2. The van der Waals surface area contributed by atoms with E-state index in [1.165, 1.54) is 0 Å². The number of hydrogen-bond acceptors (Lipinski definition) is 5. The first-order valence-electron chi connectivity index (χ1n) is 2.75. The second kappa shape index (κ2) is 2.41. The minimum absolute atomic E-state index is 0.0517. The normalized spacial score (nSPS) is 9.45. The molecule has 0 aliphatic rings. The molecule has 1 heterocycles. The molecule has 0 radical (unpaired) electrons. The summed E-state index contributed by atoms with van der Waals surface area (Å²) < 4.78 is 0. The number of nitrogens with zero attached hydrogens (tertiary/aromatic N) is 1. The van der Waals surface area contributed by atoms with Gasteiger partial charge in [-0.25, -0.2) is 4.98 Å². The van der Waals surface area contributed by atoms with Gasteiger partial charge in [-0.05, 0) is 0 Å². The van der Waals surface area contributed by atoms with Crippen molar-refractivity contribution in [3.63, 3.8) is 0 Å². The number of nitrogens with two attached hydrogens (primary N) is 2. The third kappa shape index (κ3) is 1.18. The molecule has 58 valence electrons. The van der Waals surface area contributed by atoms with Crippen LogP contribution in [-0.4, -0.2) is 16.3 Å². The average Bonchev–Trinajstić information content (AvgIpc) is 1.97. The molecule has 0 aliphatic heterocycles. The van der Waals surface area contributed by atoms with Crippen molar-refractivity contribution in [2.75, 3.05) is 11.5 Å². The number of carbonyl (C=O) groups excluding carboxylic acids is 1. The first kappa shape index (κ1) is 7.26. The van der Waals surface area contributed by atoms with Gasteiger partial charge in [-0.2, -0.15) is 0 Å². The molecule has 0 unspecified atom stereocenters. The first-order valence-corrected chi connectivity index (χ1v) is 2.75. The van der Waals surface area contributed by atoms with E-state index in [9.17, 15) is 9.59 Å². The topological polar surface area (TPSA) is 115 Å². The van der Waals surface area contributed by atoms with Crippen molar-refractivity contribution >= 4 is 17.9 Å². The van der Waals surface area contributed by atoms with Gasteiger partial charge in [-0.3, -0.25) is 9.59 Å². The molecule has 0 aliphatic carbocycles. The van der Waals surface area contributed by atoms with Crippen molar-refractivity contribution in [1.82, 2.24) is 9.97 Å². The molecule has 0 saturated carbocycles. The average molecular weight is 154 g/mol. The number of aromatic amines is 1. The van der Waals surface area contributed by atoms with E-state index < -0.39 is 5.56 Å². The highest BCUT2D eigenvalue weighted by molar-refractivity contribution is 5.78. The van der Waals surface area contributed by atoms with Gasteiger partial charge in [0.05, 0.1) is 0 Å². The third-order valence-corrected chi connectivity index (χ3v) is 1.12. The van der Waals surface area contributed by atoms with E-state index in [0.29, 0.717) is 6.29 Å². The number of carbonyl (C=O) groups is 1. The smallest absolute Gasteiger partial charge is 0.291 e. The second-order valence-corrected chi connectivity index (χ2v) is 1.87. The Hall–Kier alpha value is -1.85. The largest absolute Gasteiger partial charge is 0.382 e. The lowest BCUT2D eigenvalue weighted by Crippen LogP contribution is -2.18. The zero-order valence-corrected chi connectivity index (χ0v) is 5.50. The Kier molecular flexibility index (Phi) is 1.59. The molecular weight excluding hydrogens is 148 g/mol. The monoisotopic (exact) mass is 154 g/mol. The maximum absolute atomic E-state index is 10.7. The van der Waals surface area contributed by atoms with Gasteiger partial charge in [-0.1, -0.05) is 0 Å². The molecule has 6 heteroatoms. The molecule has 0 atom stereocenters. The molecule has 5 N–H and O–H groups in total. The van der Waals surface area contributed by atoms with E-state index >= 15 is 0 Å². The van der Waals surface area contributed by atoms with Gasteiger partial charge < -0.3 is 16.5 Å². The fraction of sp³-hybridized carbons (Fsp3) is 0. The summed E-state index contributed by atoms with van der Waals surface area (Å²) in [6, 6.07) is 0. The summed E-state index contributed by atoms with van der Waals surface area (Å²) >= 11 is 0. The quantitative estimate of drug-likeness (QED) is 0.437. The number of aldehydes is 1. The van der Waals surface area contributed by atoms with Crippen LogP contribution >= 0.6 is 0 Å². The van der Waals surface area contributed by atoms with E-state index in [1.807, 2.05) is 0 Å². The Morgan fingerprint density at radius 1 is 1.36 bits per heavy atom. The van der Waals surface area contributed by atoms with Gasteiger partial charge >= 0.3 is 0 Å². The Morgan fingerprint density at radius 3 is 2.55 bits per heavy atom. The van der Waals surface area contributed by atoms with Gasteiger partial charge in [0, 0.05) is 0 Å². The third-order valence-electron chi connectivity index (χ3n) is 1.12. The van der Waals surface area contributed by atoms with Crippen molar-refractivity contribution in [2.45, 2.75) is 0 Å². The van der Waals surface area contributed by atoms with Crippen LogP contribution < -0.4 is 17.0 Å². The predicted molar refractivity (Wildman–Crippen MR) is 39.1 cm³/mol. The van der Waals surface area contributed by atoms with Crippen molar-refractivity contribution in [1.29, 1.82) is 0 Å². The Morgan fingerprint density at radius 2 is 2.00 bits per heavy atom. The zero-order chi connectivity index (χ0) is 8.43. The van der Waals surface area contributed by atoms with Crippen molar-refractivity contribution in [2.24, 2.45) is 0 Å². The minimum Gasteiger partial charge on any atom is -0.382 e. The Bertz CT molecular complexity index is 343. The van der Waals surface area contributed by atoms with Crippen LogP contribution in [0.2, 0.25) is 0 Å². The summed E-state index contributed by atoms with van der Waals surface area (Å²) in [4.78, 5) is 26.4. The molecule has 0 fully saturated rings. The molecule has 1 rings (SSSR count). The highest BCUT2D eigenvalue weighted by Gasteiger charge is 2.02. The molecule has 0 bridgehead atoms. The van der Waals surface area contributed by atoms with Crippen molar-refractivity contribution < 1.29 is 4.79 Å². The molecule has 0 aromatic carbocycles. The zero-order valence-electron chi connectivity index (χ0n) is 5.50. The van der Waals surface area contributed by atoms with Crippen LogP contribution in [0.4, 0.5) is 11.6 Å². The minimum atomic E-state index is -0.610. The number of H-pyrrole nitrogens is 1. The molecular formula is C5H6N4O2. The summed E-state index contributed by atoms with van der Waals surface area (Å²) in [5.74, 6) is -0.315. The lowest BCUT2D eigenvalue weighted by atomic mass is 10.4. The van der Waals surface area contributed by atoms with E-state index in [1.54, 1.807) is 0 Å². The van der Waals surface area contributed by atoms with Crippen molar-refractivity contribution in [3.05, 3.63) is 16.0 Å². The maximum atomic E-state index is 10.7. The van der Waals surface area contributed by atoms with Gasteiger partial charge in [-0.15, -0.1) is 0 Å². The molecule has 11 heavy (non-hydrogen) atoms. The highest BCUT2D eigenvalue weighted by atomic mass is 16.1. The van der Waals surface area contributed by atoms with E-state index in [2.05, 4.69) is 9.97 Å². The van der Waals surface area contributed by atoms with Gasteiger partial charge in [0.1, 0.15) is 5.69 Å². The van der Waals surface area contributed by atoms with E-state index in [4.69, 9.17) is 11.5 Å². The highest BCUT2D eigenvalue weighted by Crippen LogP contribution is 1.99. The van der Waals surface area contributed by atoms with Crippen LogP contribution in [0, 0.1) is 0 Å². The number of nitrogens with one attached hydrogen (secondary N) is 1. The Labute approximate surface area is 61.2 Å². The molecule has 0 spiro atoms. The fourth-order valence-corrected chi connectivity index (χ4v) is 0.581. The van der Waals surface area contributed by atoms with E-state index in [-0.39, 0.29) is 17.3 Å². The number of anilines is 2. The summed E-state index contributed by atoms with van der Waals surface area (Å²) in [7, 11) is 0. The van der Waals surface area contributed by atoms with Crippen LogP contribution in [-0.2, 0) is 0 Å². The SMILES string of the molecule is Nc1nc(N)c(=O)[nH]c1C=O. The first-order chi connectivity index (χ1) is 5.15. The molecule has 6 nitrogen and oxygen atoms in total. The number of aromatic nitrogens is 2. The lowest BCUT2D eigenvalue weighted by Gasteiger charge is -1.96. The van der Waals surface area contributed by atoms with Crippen molar-refractivity contribution in [3.8, 4) is 0 Å². The van der Waals surface area contributed by atoms with Crippen LogP contribution in [0.15, 0.2) is 4.79 Å². The molecule has 1 aromatic rings. The molecule has 1 aromatic heterocycles. The number of hydrogen-bond donors (Lipinski definition) is 3. The summed E-state index contributed by atoms with van der Waals surface area (Å²) in [6.07, 6.45) is 0.406. The Balaban J connectivity index is 3.44. The van der Waals surface area contributed by atoms with Crippen LogP contribution in [0.5, 0.6) is 0 Å².